The Morgan fingerprint density at radius 1 is 0.974 bits per heavy atom. The summed E-state index contributed by atoms with van der Waals surface area (Å²) in [6.07, 6.45) is 3.35. The highest BCUT2D eigenvalue weighted by Crippen LogP contribution is 2.63. The van der Waals surface area contributed by atoms with Crippen LogP contribution >= 0.6 is 0 Å². The van der Waals surface area contributed by atoms with Gasteiger partial charge in [-0.15, -0.1) is 0 Å². The van der Waals surface area contributed by atoms with Crippen molar-refractivity contribution in [3.8, 4) is 11.5 Å². The van der Waals surface area contributed by atoms with E-state index in [9.17, 15) is 19.2 Å². The van der Waals surface area contributed by atoms with Gasteiger partial charge in [0.1, 0.15) is 5.70 Å². The van der Waals surface area contributed by atoms with E-state index in [0.29, 0.717) is 11.1 Å². The van der Waals surface area contributed by atoms with Crippen LogP contribution in [0.5, 0.6) is 11.5 Å². The van der Waals surface area contributed by atoms with Gasteiger partial charge in [0.15, 0.2) is 22.7 Å². The van der Waals surface area contributed by atoms with E-state index in [-0.39, 0.29) is 36.0 Å². The van der Waals surface area contributed by atoms with Gasteiger partial charge in [0.05, 0.1) is 31.9 Å². The van der Waals surface area contributed by atoms with Crippen molar-refractivity contribution in [1.82, 2.24) is 4.90 Å². The van der Waals surface area contributed by atoms with Gasteiger partial charge in [-0.05, 0) is 44.0 Å². The van der Waals surface area contributed by atoms with Gasteiger partial charge in [-0.2, -0.15) is 0 Å². The Kier molecular flexibility index (Phi) is 6.30. The van der Waals surface area contributed by atoms with E-state index >= 15 is 0 Å². The van der Waals surface area contributed by atoms with Gasteiger partial charge in [0, 0.05) is 17.7 Å². The molecular formula is C29H27NO8. The Morgan fingerprint density at radius 2 is 1.66 bits per heavy atom. The molecule has 0 aromatic heterocycles. The van der Waals surface area contributed by atoms with E-state index in [1.165, 1.54) is 18.9 Å². The molecule has 38 heavy (non-hydrogen) atoms. The number of hydrogen-bond acceptors (Lipinski definition) is 9. The van der Waals surface area contributed by atoms with Crippen molar-refractivity contribution < 1.29 is 38.1 Å². The third-order valence-corrected chi connectivity index (χ3v) is 7.29. The lowest BCUT2D eigenvalue weighted by molar-refractivity contribution is -0.164. The molecule has 3 atom stereocenters. The number of fused-ring (bicyclic) bond motifs is 7. The number of methoxy groups -OCH3 is 1. The standard InChI is InChI=1S/C29H27NO8/c1-5-36-26(32)21-22-19-12-9-13-20(35-4)24(19)38-28(34)29(22,16(3)31)25-18-11-8-7-10-17(18)14-15-30(25)23(21)27(33)37-6-2/h7-15,22,25H,5-6H2,1-4H3/t22-,25+,29-/m0/s1. The molecule has 3 heterocycles. The molecule has 3 aliphatic rings. The summed E-state index contributed by atoms with van der Waals surface area (Å²) in [5.41, 5.74) is -0.421. The average Bonchev–Trinajstić information content (AvgIpc) is 2.91. The van der Waals surface area contributed by atoms with Crippen molar-refractivity contribution in [2.75, 3.05) is 20.3 Å². The molecule has 0 amide bonds. The third kappa shape index (κ3) is 3.38. The van der Waals surface area contributed by atoms with Gasteiger partial charge in [0.25, 0.3) is 0 Å². The highest BCUT2D eigenvalue weighted by atomic mass is 16.6. The monoisotopic (exact) mass is 517 g/mol. The van der Waals surface area contributed by atoms with Crippen molar-refractivity contribution in [2.24, 2.45) is 5.41 Å². The predicted octanol–water partition coefficient (Wildman–Crippen LogP) is 3.69. The predicted molar refractivity (Wildman–Crippen MR) is 135 cm³/mol. The highest BCUT2D eigenvalue weighted by molar-refractivity contribution is 6.12. The molecular weight excluding hydrogens is 490 g/mol. The van der Waals surface area contributed by atoms with Gasteiger partial charge in [-0.1, -0.05) is 36.4 Å². The summed E-state index contributed by atoms with van der Waals surface area (Å²) in [5, 5.41) is 0. The summed E-state index contributed by atoms with van der Waals surface area (Å²) in [4.78, 5) is 56.8. The van der Waals surface area contributed by atoms with Crippen LogP contribution in [0.1, 0.15) is 49.4 Å². The van der Waals surface area contributed by atoms with Crippen LogP contribution in [0, 0.1) is 5.41 Å². The molecule has 0 saturated heterocycles. The number of ketones is 1. The molecule has 196 valence electrons. The lowest BCUT2D eigenvalue weighted by Crippen LogP contribution is -2.61. The molecule has 0 fully saturated rings. The maximum Gasteiger partial charge on any atom is 0.355 e. The normalized spacial score (nSPS) is 22.8. The number of carbonyl (C=O) groups is 4. The SMILES string of the molecule is CCOC(=O)C1=C(C(=O)OCC)N2C=Cc3ccccc3[C@@H]2[C@@]2(C(C)=O)C(=O)Oc3c(OC)cccc3[C@@H]12. The summed E-state index contributed by atoms with van der Waals surface area (Å²) < 4.78 is 22.1. The smallest absolute Gasteiger partial charge is 0.355 e. The third-order valence-electron chi connectivity index (χ3n) is 7.29. The van der Waals surface area contributed by atoms with Gasteiger partial charge in [-0.3, -0.25) is 9.59 Å². The summed E-state index contributed by atoms with van der Waals surface area (Å²) in [6, 6.07) is 11.2. The second kappa shape index (κ2) is 9.48. The summed E-state index contributed by atoms with van der Waals surface area (Å²) in [6.45, 7) is 4.65. The zero-order chi connectivity index (χ0) is 27.2. The van der Waals surface area contributed by atoms with Crippen molar-refractivity contribution in [1.29, 1.82) is 0 Å². The van der Waals surface area contributed by atoms with Crippen molar-refractivity contribution in [3.63, 3.8) is 0 Å². The van der Waals surface area contributed by atoms with Crippen LogP contribution in [0.2, 0.25) is 0 Å². The van der Waals surface area contributed by atoms with Crippen LogP contribution in [-0.2, 0) is 28.7 Å². The minimum Gasteiger partial charge on any atom is -0.493 e. The number of esters is 3. The van der Waals surface area contributed by atoms with Gasteiger partial charge in [0.2, 0.25) is 0 Å². The quantitative estimate of drug-likeness (QED) is 0.322. The molecule has 2 aromatic rings. The fraction of sp³-hybridized carbons (Fsp3) is 0.310. The molecule has 0 saturated carbocycles. The minimum atomic E-state index is -1.93. The summed E-state index contributed by atoms with van der Waals surface area (Å²) >= 11 is 0. The Morgan fingerprint density at radius 3 is 2.34 bits per heavy atom. The Bertz CT molecular complexity index is 1420. The molecule has 5 rings (SSSR count). The molecule has 0 aliphatic carbocycles. The van der Waals surface area contributed by atoms with E-state index < -0.39 is 41.1 Å². The van der Waals surface area contributed by atoms with Crippen LogP contribution in [0.15, 0.2) is 59.9 Å². The van der Waals surface area contributed by atoms with Gasteiger partial charge in [-0.25, -0.2) is 9.59 Å². The molecule has 9 nitrogen and oxygen atoms in total. The number of benzene rings is 2. The van der Waals surface area contributed by atoms with E-state index in [1.807, 2.05) is 12.1 Å². The first-order chi connectivity index (χ1) is 18.3. The van der Waals surface area contributed by atoms with E-state index in [1.54, 1.807) is 56.5 Å². The first-order valence-corrected chi connectivity index (χ1v) is 12.4. The number of hydrogen-bond donors (Lipinski definition) is 0. The minimum absolute atomic E-state index is 0.00967. The number of Topliss-reactive ketones (excluding diaryl/α,β-unsaturated/α-hetero) is 1. The number of carbonyl (C=O) groups excluding carboxylic acids is 4. The molecule has 0 bridgehead atoms. The van der Waals surface area contributed by atoms with Crippen LogP contribution in [-0.4, -0.2) is 48.9 Å². The van der Waals surface area contributed by atoms with Crippen LogP contribution in [0.4, 0.5) is 0 Å². The summed E-state index contributed by atoms with van der Waals surface area (Å²) in [7, 11) is 1.42. The molecule has 0 N–H and O–H groups in total. The second-order valence-corrected chi connectivity index (χ2v) is 9.08. The Labute approximate surface area is 219 Å². The van der Waals surface area contributed by atoms with Crippen molar-refractivity contribution in [3.05, 3.63) is 76.6 Å². The second-order valence-electron chi connectivity index (χ2n) is 9.08. The van der Waals surface area contributed by atoms with Crippen molar-refractivity contribution >= 4 is 29.8 Å². The largest absolute Gasteiger partial charge is 0.493 e. The molecule has 3 aliphatic heterocycles. The maximum atomic E-state index is 14.2. The van der Waals surface area contributed by atoms with Crippen LogP contribution in [0.3, 0.4) is 0 Å². The van der Waals surface area contributed by atoms with Gasteiger partial charge < -0.3 is 23.8 Å². The zero-order valence-electron chi connectivity index (χ0n) is 21.5. The molecule has 0 unspecified atom stereocenters. The Hall–Kier alpha value is -4.40. The lowest BCUT2D eigenvalue weighted by atomic mass is 9.56. The number of ether oxygens (including phenoxy) is 4. The fourth-order valence-corrected chi connectivity index (χ4v) is 5.85. The maximum absolute atomic E-state index is 14.2. The molecule has 2 aromatic carbocycles. The zero-order valence-corrected chi connectivity index (χ0v) is 21.5. The highest BCUT2D eigenvalue weighted by Gasteiger charge is 2.68. The van der Waals surface area contributed by atoms with E-state index in [4.69, 9.17) is 18.9 Å². The summed E-state index contributed by atoms with van der Waals surface area (Å²) in [5.74, 6) is -3.86. The van der Waals surface area contributed by atoms with E-state index in [2.05, 4.69) is 0 Å². The van der Waals surface area contributed by atoms with E-state index in [0.717, 1.165) is 5.56 Å². The average molecular weight is 518 g/mol. The molecule has 9 heteroatoms. The molecule has 0 radical (unpaired) electrons. The number of rotatable bonds is 6. The fourth-order valence-electron chi connectivity index (χ4n) is 5.85. The number of nitrogens with zero attached hydrogens (tertiary/aromatic N) is 1. The number of para-hydroxylation sites is 1. The van der Waals surface area contributed by atoms with Crippen molar-refractivity contribution in [2.45, 2.75) is 32.7 Å². The van der Waals surface area contributed by atoms with Crippen LogP contribution < -0.4 is 9.47 Å². The van der Waals surface area contributed by atoms with Crippen LogP contribution in [0.25, 0.3) is 6.08 Å². The first-order valence-electron chi connectivity index (χ1n) is 12.4. The van der Waals surface area contributed by atoms with Gasteiger partial charge >= 0.3 is 17.9 Å². The Balaban J connectivity index is 1.97. The topological polar surface area (TPSA) is 108 Å². The first kappa shape index (κ1) is 25.3. The molecule has 0 spiro atoms. The lowest BCUT2D eigenvalue weighted by Gasteiger charge is -2.54.